The minimum absolute atomic E-state index is 0.209. The van der Waals surface area contributed by atoms with E-state index in [1.165, 1.54) is 4.90 Å². The number of carbonyl (C=O) groups is 5. The minimum Gasteiger partial charge on any atom is -0.480 e. The summed E-state index contributed by atoms with van der Waals surface area (Å²) < 4.78 is 0. The number of unbranched alkanes of at least 4 members (excludes halogenated alkanes) is 1. The first-order valence-electron chi connectivity index (χ1n) is 12.4. The molecule has 1 aromatic rings. The van der Waals surface area contributed by atoms with E-state index in [1.807, 2.05) is 0 Å². The summed E-state index contributed by atoms with van der Waals surface area (Å²) in [6.45, 7) is 4.25. The fourth-order valence-corrected chi connectivity index (χ4v) is 4.06. The second-order valence-electron chi connectivity index (χ2n) is 8.72. The first-order valence-corrected chi connectivity index (χ1v) is 12.4. The Balaban J connectivity index is 1.91. The quantitative estimate of drug-likeness (QED) is 0.258. The second-order valence-corrected chi connectivity index (χ2v) is 8.72. The Hall–Kier alpha value is -3.47. The average Bonchev–Trinajstić information content (AvgIpc) is 3.36. The SMILES string of the molecule is CCC(=O)Nc1cc(NC(=O)CC)cc(C(=O)NCCCC[C@H](NC)C(=O)N2CCC[C@H]2C(=O)O)c1. The number of carbonyl (C=O) groups excluding carboxylic acids is 4. The molecule has 0 radical (unpaired) electrons. The van der Waals surface area contributed by atoms with E-state index in [9.17, 15) is 29.1 Å². The van der Waals surface area contributed by atoms with Crippen LogP contribution >= 0.6 is 0 Å². The Morgan fingerprint density at radius 2 is 1.61 bits per heavy atom. The van der Waals surface area contributed by atoms with Gasteiger partial charge in [-0.2, -0.15) is 0 Å². The third-order valence-corrected chi connectivity index (χ3v) is 6.08. The second kappa shape index (κ2) is 14.2. The number of nitrogens with one attached hydrogen (secondary N) is 4. The van der Waals surface area contributed by atoms with Crippen LogP contribution in [0.25, 0.3) is 0 Å². The zero-order chi connectivity index (χ0) is 26.7. The first-order chi connectivity index (χ1) is 17.2. The average molecular weight is 504 g/mol. The van der Waals surface area contributed by atoms with Crippen molar-refractivity contribution in [2.24, 2.45) is 0 Å². The zero-order valence-electron chi connectivity index (χ0n) is 21.2. The molecule has 1 aliphatic rings. The van der Waals surface area contributed by atoms with Crippen molar-refractivity contribution < 1.29 is 29.1 Å². The number of nitrogens with zero attached hydrogens (tertiary/aromatic N) is 1. The summed E-state index contributed by atoms with van der Waals surface area (Å²) in [5, 5.41) is 20.5. The molecule has 1 aliphatic heterocycles. The Morgan fingerprint density at radius 1 is 1.00 bits per heavy atom. The van der Waals surface area contributed by atoms with Crippen LogP contribution in [0.2, 0.25) is 0 Å². The molecule has 0 aliphatic carbocycles. The van der Waals surface area contributed by atoms with Crippen molar-refractivity contribution in [1.82, 2.24) is 15.5 Å². The van der Waals surface area contributed by atoms with Gasteiger partial charge in [0.1, 0.15) is 6.04 Å². The van der Waals surface area contributed by atoms with Crippen LogP contribution in [0.1, 0.15) is 69.2 Å². The summed E-state index contributed by atoms with van der Waals surface area (Å²) in [5.74, 6) is -1.96. The molecule has 11 heteroatoms. The lowest BCUT2D eigenvalue weighted by molar-refractivity contribution is -0.149. The fourth-order valence-electron chi connectivity index (χ4n) is 4.06. The van der Waals surface area contributed by atoms with Crippen molar-refractivity contribution in [3.63, 3.8) is 0 Å². The lowest BCUT2D eigenvalue weighted by Gasteiger charge is -2.26. The van der Waals surface area contributed by atoms with Crippen LogP contribution in [0.4, 0.5) is 11.4 Å². The summed E-state index contributed by atoms with van der Waals surface area (Å²) in [6, 6.07) is 3.45. The molecule has 1 saturated heterocycles. The van der Waals surface area contributed by atoms with Crippen molar-refractivity contribution in [3.05, 3.63) is 23.8 Å². The van der Waals surface area contributed by atoms with E-state index in [2.05, 4.69) is 21.3 Å². The molecule has 2 rings (SSSR count). The van der Waals surface area contributed by atoms with E-state index in [0.29, 0.717) is 62.1 Å². The minimum atomic E-state index is -0.978. The highest BCUT2D eigenvalue weighted by atomic mass is 16.4. The monoisotopic (exact) mass is 503 g/mol. The summed E-state index contributed by atoms with van der Waals surface area (Å²) in [7, 11) is 1.68. The highest BCUT2D eigenvalue weighted by molar-refractivity contribution is 6.00. The molecule has 1 aromatic carbocycles. The largest absolute Gasteiger partial charge is 0.480 e. The third kappa shape index (κ3) is 8.33. The highest BCUT2D eigenvalue weighted by Gasteiger charge is 2.36. The molecule has 0 aromatic heterocycles. The molecule has 1 fully saturated rings. The van der Waals surface area contributed by atoms with Gasteiger partial charge in [0, 0.05) is 42.9 Å². The molecule has 0 bridgehead atoms. The molecule has 36 heavy (non-hydrogen) atoms. The van der Waals surface area contributed by atoms with Gasteiger partial charge in [-0.1, -0.05) is 13.8 Å². The van der Waals surface area contributed by atoms with E-state index in [4.69, 9.17) is 0 Å². The maximum absolute atomic E-state index is 12.8. The van der Waals surface area contributed by atoms with Crippen LogP contribution in [-0.2, 0) is 19.2 Å². The van der Waals surface area contributed by atoms with Gasteiger partial charge in [0.25, 0.3) is 5.91 Å². The van der Waals surface area contributed by atoms with Crippen molar-refractivity contribution in [2.75, 3.05) is 30.8 Å². The fraction of sp³-hybridized carbons (Fsp3) is 0.560. The lowest BCUT2D eigenvalue weighted by Crippen LogP contribution is -2.49. The number of carboxylic acid groups (broad SMARTS) is 1. The molecule has 0 unspecified atom stereocenters. The van der Waals surface area contributed by atoms with Crippen molar-refractivity contribution in [2.45, 2.75) is 70.9 Å². The Kier molecular flexibility index (Phi) is 11.3. The van der Waals surface area contributed by atoms with Gasteiger partial charge in [-0.3, -0.25) is 19.2 Å². The topological polar surface area (TPSA) is 157 Å². The Bertz CT molecular complexity index is 930. The summed E-state index contributed by atoms with van der Waals surface area (Å²) in [5.41, 5.74) is 1.13. The number of likely N-dealkylation sites (N-methyl/N-ethyl adjacent to an activating group) is 1. The number of hydrogen-bond acceptors (Lipinski definition) is 6. The van der Waals surface area contributed by atoms with E-state index in [0.717, 1.165) is 0 Å². The molecular formula is C25H37N5O6. The predicted octanol–water partition coefficient (Wildman–Crippen LogP) is 1.95. The smallest absolute Gasteiger partial charge is 0.326 e. The normalized spacial score (nSPS) is 15.8. The van der Waals surface area contributed by atoms with Gasteiger partial charge < -0.3 is 31.3 Å². The third-order valence-electron chi connectivity index (χ3n) is 6.08. The molecule has 0 saturated carbocycles. The number of hydrogen-bond donors (Lipinski definition) is 5. The van der Waals surface area contributed by atoms with Crippen molar-refractivity contribution in [1.29, 1.82) is 0 Å². The van der Waals surface area contributed by atoms with Gasteiger partial charge in [-0.25, -0.2) is 4.79 Å². The molecule has 198 valence electrons. The standard InChI is InChI=1S/C25H37N5O6/c1-4-21(31)28-17-13-16(14-18(15-17)29-22(32)5-2)23(33)27-11-7-6-9-19(26-3)24(34)30-12-8-10-20(30)25(35)36/h13-15,19-20,26H,4-12H2,1-3H3,(H,27,33)(H,28,31)(H,29,32)(H,35,36)/t19-,20-/m0/s1. The number of benzene rings is 1. The van der Waals surface area contributed by atoms with Gasteiger partial charge in [0.05, 0.1) is 6.04 Å². The number of aliphatic carboxylic acids is 1. The molecule has 4 amide bonds. The maximum atomic E-state index is 12.8. The molecule has 2 atom stereocenters. The first kappa shape index (κ1) is 28.8. The summed E-state index contributed by atoms with van der Waals surface area (Å²) in [6.07, 6.45) is 3.48. The van der Waals surface area contributed by atoms with E-state index in [1.54, 1.807) is 39.1 Å². The Labute approximate surface area is 211 Å². The molecule has 0 spiro atoms. The summed E-state index contributed by atoms with van der Waals surface area (Å²) >= 11 is 0. The number of rotatable bonds is 13. The zero-order valence-corrected chi connectivity index (χ0v) is 21.2. The van der Waals surface area contributed by atoms with Crippen molar-refractivity contribution >= 4 is 41.0 Å². The highest BCUT2D eigenvalue weighted by Crippen LogP contribution is 2.21. The number of anilines is 2. The number of carboxylic acids is 1. The van der Waals surface area contributed by atoms with Gasteiger partial charge in [0.15, 0.2) is 0 Å². The van der Waals surface area contributed by atoms with Crippen molar-refractivity contribution in [3.8, 4) is 0 Å². The van der Waals surface area contributed by atoms with Crippen LogP contribution in [-0.4, -0.2) is 71.8 Å². The molecular weight excluding hydrogens is 466 g/mol. The van der Waals surface area contributed by atoms with E-state index >= 15 is 0 Å². The lowest BCUT2D eigenvalue weighted by atomic mass is 10.1. The van der Waals surface area contributed by atoms with Gasteiger partial charge in [-0.15, -0.1) is 0 Å². The van der Waals surface area contributed by atoms with Crippen LogP contribution in [0.5, 0.6) is 0 Å². The number of likely N-dealkylation sites (tertiary alicyclic amines) is 1. The van der Waals surface area contributed by atoms with Gasteiger partial charge in [-0.05, 0) is 57.4 Å². The summed E-state index contributed by atoms with van der Waals surface area (Å²) in [4.78, 5) is 61.9. The Morgan fingerprint density at radius 3 is 2.14 bits per heavy atom. The predicted molar refractivity (Wildman–Crippen MR) is 136 cm³/mol. The number of amides is 4. The van der Waals surface area contributed by atoms with Crippen LogP contribution in [0.15, 0.2) is 18.2 Å². The van der Waals surface area contributed by atoms with Gasteiger partial charge >= 0.3 is 5.97 Å². The van der Waals surface area contributed by atoms with Crippen LogP contribution < -0.4 is 21.3 Å². The molecule has 5 N–H and O–H groups in total. The van der Waals surface area contributed by atoms with E-state index in [-0.39, 0.29) is 36.5 Å². The maximum Gasteiger partial charge on any atom is 0.326 e. The van der Waals surface area contributed by atoms with E-state index < -0.39 is 18.1 Å². The van der Waals surface area contributed by atoms with Gasteiger partial charge in [0.2, 0.25) is 17.7 Å². The van der Waals surface area contributed by atoms with Crippen LogP contribution in [0.3, 0.4) is 0 Å². The molecule has 1 heterocycles. The van der Waals surface area contributed by atoms with Crippen LogP contribution in [0, 0.1) is 0 Å². The molecule has 11 nitrogen and oxygen atoms in total.